The molecule has 3 aromatic heterocycles. The molecule has 1 fully saturated rings. The van der Waals surface area contributed by atoms with Gasteiger partial charge in [0.25, 0.3) is 5.91 Å². The zero-order chi connectivity index (χ0) is 24.1. The average molecular weight is 486 g/mol. The number of amides is 1. The van der Waals surface area contributed by atoms with Crippen LogP contribution in [0.3, 0.4) is 0 Å². The summed E-state index contributed by atoms with van der Waals surface area (Å²) in [4.78, 5) is 33.7. The largest absolute Gasteiger partial charge is 0.477 e. The fraction of sp³-hybridized carbons (Fsp3) is 0.333. The highest BCUT2D eigenvalue weighted by Gasteiger charge is 2.36. The highest BCUT2D eigenvalue weighted by atomic mass is 32.2. The van der Waals surface area contributed by atoms with Crippen molar-refractivity contribution in [1.82, 2.24) is 24.9 Å². The molecule has 34 heavy (non-hydrogen) atoms. The minimum absolute atomic E-state index is 0.0251. The molecule has 1 aliphatic rings. The standard InChI is InChI=1S/C21H23N7O5S/c1-3-33-19-12-23-9-15(26-19)13-4-7-17(24-8-13)27-21(29)20(32-2)16-10-22-11-18(25-16)28-34(30,31)14-5-6-14/h4,7-12,14,20H,3,5-6H2,1-2H3,(H,25,28)(H,24,27,29). The summed E-state index contributed by atoms with van der Waals surface area (Å²) in [7, 11) is -2.17. The number of hydrogen-bond donors (Lipinski definition) is 2. The summed E-state index contributed by atoms with van der Waals surface area (Å²) in [6.07, 6.45) is 7.36. The lowest BCUT2D eigenvalue weighted by Gasteiger charge is -2.15. The van der Waals surface area contributed by atoms with Crippen LogP contribution in [0.25, 0.3) is 11.3 Å². The minimum Gasteiger partial charge on any atom is -0.477 e. The van der Waals surface area contributed by atoms with E-state index < -0.39 is 27.3 Å². The number of carbonyl (C=O) groups is 1. The quantitative estimate of drug-likeness (QED) is 0.435. The van der Waals surface area contributed by atoms with Gasteiger partial charge in [-0.2, -0.15) is 0 Å². The minimum atomic E-state index is -3.51. The van der Waals surface area contributed by atoms with Crippen molar-refractivity contribution in [2.75, 3.05) is 23.8 Å². The second-order valence-electron chi connectivity index (χ2n) is 7.39. The Morgan fingerprint density at radius 1 is 1.09 bits per heavy atom. The molecule has 178 valence electrons. The molecule has 3 aromatic rings. The Morgan fingerprint density at radius 3 is 2.56 bits per heavy atom. The number of aromatic nitrogens is 5. The van der Waals surface area contributed by atoms with Gasteiger partial charge in [-0.25, -0.2) is 23.4 Å². The smallest absolute Gasteiger partial charge is 0.260 e. The Labute approximate surface area is 196 Å². The van der Waals surface area contributed by atoms with E-state index in [-0.39, 0.29) is 17.3 Å². The lowest BCUT2D eigenvalue weighted by atomic mass is 10.2. The van der Waals surface area contributed by atoms with E-state index in [9.17, 15) is 13.2 Å². The molecule has 0 aromatic carbocycles. The first-order valence-corrected chi connectivity index (χ1v) is 12.0. The van der Waals surface area contributed by atoms with Gasteiger partial charge in [0.1, 0.15) is 5.82 Å². The molecule has 1 amide bonds. The average Bonchev–Trinajstić information content (AvgIpc) is 3.67. The molecule has 0 bridgehead atoms. The van der Waals surface area contributed by atoms with Gasteiger partial charge in [0, 0.05) is 18.9 Å². The first-order valence-electron chi connectivity index (χ1n) is 10.5. The molecule has 1 saturated carbocycles. The predicted octanol–water partition coefficient (Wildman–Crippen LogP) is 1.96. The molecular formula is C21H23N7O5S. The van der Waals surface area contributed by atoms with E-state index in [1.807, 2.05) is 6.92 Å². The van der Waals surface area contributed by atoms with E-state index in [0.29, 0.717) is 36.6 Å². The van der Waals surface area contributed by atoms with E-state index >= 15 is 0 Å². The molecule has 1 aliphatic carbocycles. The highest BCUT2D eigenvalue weighted by Crippen LogP contribution is 2.29. The number of carbonyl (C=O) groups excluding carboxylic acids is 1. The number of ether oxygens (including phenoxy) is 2. The number of methoxy groups -OCH3 is 1. The third kappa shape index (κ3) is 5.61. The van der Waals surface area contributed by atoms with Crippen LogP contribution in [-0.4, -0.2) is 58.2 Å². The van der Waals surface area contributed by atoms with Gasteiger partial charge in [-0.3, -0.25) is 19.5 Å². The molecule has 4 rings (SSSR count). The van der Waals surface area contributed by atoms with Crippen molar-refractivity contribution in [2.24, 2.45) is 0 Å². The Morgan fingerprint density at radius 2 is 1.88 bits per heavy atom. The molecule has 12 nitrogen and oxygen atoms in total. The number of pyridine rings is 1. The van der Waals surface area contributed by atoms with E-state index in [1.54, 1.807) is 24.5 Å². The second kappa shape index (κ2) is 10.1. The Hall–Kier alpha value is -3.71. The summed E-state index contributed by atoms with van der Waals surface area (Å²) in [5, 5.41) is 2.24. The van der Waals surface area contributed by atoms with Gasteiger partial charge in [0.05, 0.1) is 48.0 Å². The third-order valence-corrected chi connectivity index (χ3v) is 6.66. The Kier molecular flexibility index (Phi) is 6.93. The van der Waals surface area contributed by atoms with Gasteiger partial charge < -0.3 is 14.8 Å². The molecule has 1 atom stereocenters. The van der Waals surface area contributed by atoms with Crippen LogP contribution in [0.15, 0.2) is 43.1 Å². The van der Waals surface area contributed by atoms with E-state index in [0.717, 1.165) is 0 Å². The molecule has 0 spiro atoms. The summed E-state index contributed by atoms with van der Waals surface area (Å²) in [5.41, 5.74) is 1.42. The van der Waals surface area contributed by atoms with Crippen LogP contribution in [0.4, 0.5) is 11.6 Å². The van der Waals surface area contributed by atoms with Crippen LogP contribution >= 0.6 is 0 Å². The molecule has 13 heteroatoms. The zero-order valence-electron chi connectivity index (χ0n) is 18.5. The van der Waals surface area contributed by atoms with Crippen LogP contribution in [0.5, 0.6) is 5.88 Å². The Bertz CT molecular complexity index is 1270. The van der Waals surface area contributed by atoms with Gasteiger partial charge in [-0.15, -0.1) is 0 Å². The summed E-state index contributed by atoms with van der Waals surface area (Å²) in [5.74, 6) is 0.167. The van der Waals surface area contributed by atoms with Gasteiger partial charge in [0.2, 0.25) is 15.9 Å². The second-order valence-corrected chi connectivity index (χ2v) is 9.35. The first kappa shape index (κ1) is 23.4. The molecule has 0 radical (unpaired) electrons. The van der Waals surface area contributed by atoms with Crippen LogP contribution in [0.1, 0.15) is 31.6 Å². The topological polar surface area (TPSA) is 158 Å². The highest BCUT2D eigenvalue weighted by molar-refractivity contribution is 7.93. The predicted molar refractivity (Wildman–Crippen MR) is 122 cm³/mol. The maximum atomic E-state index is 12.8. The van der Waals surface area contributed by atoms with E-state index in [1.165, 1.54) is 25.7 Å². The van der Waals surface area contributed by atoms with Gasteiger partial charge in [-0.1, -0.05) is 0 Å². The van der Waals surface area contributed by atoms with Gasteiger partial charge in [-0.05, 0) is 31.9 Å². The van der Waals surface area contributed by atoms with E-state index in [2.05, 4.69) is 35.0 Å². The number of sulfonamides is 1. The number of hydrogen-bond acceptors (Lipinski definition) is 10. The van der Waals surface area contributed by atoms with Gasteiger partial charge in [0.15, 0.2) is 11.9 Å². The molecule has 0 aliphatic heterocycles. The number of rotatable bonds is 10. The van der Waals surface area contributed by atoms with Crippen molar-refractivity contribution < 1.29 is 22.7 Å². The summed E-state index contributed by atoms with van der Waals surface area (Å²) >= 11 is 0. The lowest BCUT2D eigenvalue weighted by Crippen LogP contribution is -2.25. The normalized spacial score (nSPS) is 14.3. The van der Waals surface area contributed by atoms with Crippen molar-refractivity contribution >= 4 is 27.6 Å². The lowest BCUT2D eigenvalue weighted by molar-refractivity contribution is -0.126. The first-order chi connectivity index (χ1) is 16.4. The van der Waals surface area contributed by atoms with Crippen molar-refractivity contribution in [3.05, 3.63) is 48.8 Å². The maximum absolute atomic E-state index is 12.8. The molecule has 3 heterocycles. The molecule has 1 unspecified atom stereocenters. The van der Waals surface area contributed by atoms with Crippen molar-refractivity contribution in [1.29, 1.82) is 0 Å². The summed E-state index contributed by atoms with van der Waals surface area (Å²) < 4.78 is 37.4. The van der Waals surface area contributed by atoms with Crippen molar-refractivity contribution in [3.8, 4) is 17.1 Å². The van der Waals surface area contributed by atoms with Crippen molar-refractivity contribution in [3.63, 3.8) is 0 Å². The van der Waals surface area contributed by atoms with Gasteiger partial charge >= 0.3 is 0 Å². The molecule has 2 N–H and O–H groups in total. The number of anilines is 2. The fourth-order valence-corrected chi connectivity index (χ4v) is 4.35. The van der Waals surface area contributed by atoms with Crippen LogP contribution in [0.2, 0.25) is 0 Å². The Balaban J connectivity index is 1.45. The molecular weight excluding hydrogens is 462 g/mol. The number of nitrogens with zero attached hydrogens (tertiary/aromatic N) is 5. The van der Waals surface area contributed by atoms with E-state index in [4.69, 9.17) is 9.47 Å². The zero-order valence-corrected chi connectivity index (χ0v) is 19.3. The molecule has 0 saturated heterocycles. The maximum Gasteiger partial charge on any atom is 0.260 e. The number of nitrogens with one attached hydrogen (secondary N) is 2. The SMILES string of the molecule is CCOc1cncc(-c2ccc(NC(=O)C(OC)c3cncc(NS(=O)(=O)C4CC4)n3)nc2)n1. The summed E-state index contributed by atoms with van der Waals surface area (Å²) in [6.45, 7) is 2.33. The van der Waals surface area contributed by atoms with Crippen LogP contribution in [0, 0.1) is 0 Å². The van der Waals surface area contributed by atoms with Crippen LogP contribution < -0.4 is 14.8 Å². The monoisotopic (exact) mass is 485 g/mol. The third-order valence-electron chi connectivity index (χ3n) is 4.82. The van der Waals surface area contributed by atoms with Crippen molar-refractivity contribution in [2.45, 2.75) is 31.1 Å². The summed E-state index contributed by atoms with van der Waals surface area (Å²) in [6, 6.07) is 3.35. The van der Waals surface area contributed by atoms with Crippen LogP contribution in [-0.2, 0) is 19.6 Å². The fourth-order valence-electron chi connectivity index (χ4n) is 3.04.